The lowest BCUT2D eigenvalue weighted by atomic mass is 10.2. The molecule has 0 saturated carbocycles. The Morgan fingerprint density at radius 3 is 2.43 bits per heavy atom. The molecule has 0 amide bonds. The van der Waals surface area contributed by atoms with Gasteiger partial charge < -0.3 is 19.3 Å². The Hall–Kier alpha value is -2.38. The Balaban J connectivity index is 1.59. The highest BCUT2D eigenvalue weighted by Gasteiger charge is 2.30. The van der Waals surface area contributed by atoms with Crippen molar-refractivity contribution < 1.29 is 24.1 Å². The van der Waals surface area contributed by atoms with E-state index in [1.807, 2.05) is 56.3 Å². The molecule has 2 aromatic carbocycles. The Morgan fingerprint density at radius 1 is 1.07 bits per heavy atom. The summed E-state index contributed by atoms with van der Waals surface area (Å²) in [5, 5.41) is 12.2. The minimum atomic E-state index is -0.809. The molecule has 7 heteroatoms. The maximum Gasteiger partial charge on any atom is 0.321 e. The number of nitrogens with one attached hydrogen (secondary N) is 1. The van der Waals surface area contributed by atoms with Gasteiger partial charge in [0.1, 0.15) is 18.4 Å². The van der Waals surface area contributed by atoms with E-state index in [1.54, 1.807) is 11.8 Å². The lowest BCUT2D eigenvalue weighted by Crippen LogP contribution is -2.33. The fourth-order valence-electron chi connectivity index (χ4n) is 2.90. The first-order valence-electron chi connectivity index (χ1n) is 9.32. The summed E-state index contributed by atoms with van der Waals surface area (Å²) in [4.78, 5) is 11.1. The number of benzene rings is 2. The zero-order valence-electron chi connectivity index (χ0n) is 16.0. The van der Waals surface area contributed by atoms with E-state index >= 15 is 0 Å². The van der Waals surface area contributed by atoms with Gasteiger partial charge in [-0.05, 0) is 49.2 Å². The predicted molar refractivity (Wildman–Crippen MR) is 109 cm³/mol. The van der Waals surface area contributed by atoms with Crippen LogP contribution in [-0.2, 0) is 11.4 Å². The van der Waals surface area contributed by atoms with Crippen molar-refractivity contribution >= 4 is 17.7 Å². The molecule has 1 aliphatic rings. The highest BCUT2D eigenvalue weighted by atomic mass is 32.2. The number of rotatable bonds is 9. The maximum atomic E-state index is 11.1. The van der Waals surface area contributed by atoms with Crippen molar-refractivity contribution in [3.63, 3.8) is 0 Å². The molecule has 150 valence electrons. The number of carboxylic acids is 1. The monoisotopic (exact) mass is 403 g/mol. The molecule has 0 aromatic heterocycles. The van der Waals surface area contributed by atoms with Crippen molar-refractivity contribution in [2.24, 2.45) is 0 Å². The number of hydrogen-bond acceptors (Lipinski definition) is 6. The van der Waals surface area contributed by atoms with Gasteiger partial charge in [0, 0.05) is 5.75 Å². The van der Waals surface area contributed by atoms with Crippen molar-refractivity contribution in [1.82, 2.24) is 5.32 Å². The molecule has 1 fully saturated rings. The van der Waals surface area contributed by atoms with E-state index in [-0.39, 0.29) is 5.37 Å². The first-order valence-corrected chi connectivity index (χ1v) is 10.4. The molecule has 2 atom stereocenters. The van der Waals surface area contributed by atoms with E-state index in [0.29, 0.717) is 25.6 Å². The molecule has 28 heavy (non-hydrogen) atoms. The standard InChI is InChI=1S/C21H25NO5S/c1-3-25-18-10-5-14(11-19(18)26-4-2)12-27-16-8-6-15(7-9-16)20-22-17(13-28-20)21(23)24/h5-11,17,20,22H,3-4,12-13H2,1-2H3,(H,23,24). The van der Waals surface area contributed by atoms with Crippen LogP contribution in [0.15, 0.2) is 42.5 Å². The van der Waals surface area contributed by atoms with Gasteiger partial charge in [-0.2, -0.15) is 0 Å². The fourth-order valence-corrected chi connectivity index (χ4v) is 4.13. The summed E-state index contributed by atoms with van der Waals surface area (Å²) in [6.45, 7) is 5.46. The topological polar surface area (TPSA) is 77.0 Å². The largest absolute Gasteiger partial charge is 0.490 e. The van der Waals surface area contributed by atoms with E-state index in [4.69, 9.17) is 19.3 Å². The molecule has 2 aromatic rings. The van der Waals surface area contributed by atoms with Gasteiger partial charge in [0.25, 0.3) is 0 Å². The van der Waals surface area contributed by atoms with Gasteiger partial charge in [-0.3, -0.25) is 10.1 Å². The molecule has 2 unspecified atom stereocenters. The smallest absolute Gasteiger partial charge is 0.321 e. The first kappa shape index (κ1) is 20.4. The van der Waals surface area contributed by atoms with E-state index in [0.717, 1.165) is 28.4 Å². The van der Waals surface area contributed by atoms with Gasteiger partial charge in [-0.1, -0.05) is 18.2 Å². The van der Waals surface area contributed by atoms with Gasteiger partial charge >= 0.3 is 5.97 Å². The third kappa shape index (κ3) is 5.11. The Kier molecular flexibility index (Phi) is 7.06. The summed E-state index contributed by atoms with van der Waals surface area (Å²) in [6, 6.07) is 13.1. The summed E-state index contributed by atoms with van der Waals surface area (Å²) in [5.74, 6) is 1.97. The van der Waals surface area contributed by atoms with Crippen molar-refractivity contribution in [1.29, 1.82) is 0 Å². The highest BCUT2D eigenvalue weighted by Crippen LogP contribution is 2.34. The van der Waals surface area contributed by atoms with E-state index in [1.165, 1.54) is 0 Å². The first-order chi connectivity index (χ1) is 13.6. The summed E-state index contributed by atoms with van der Waals surface area (Å²) in [7, 11) is 0. The molecule has 2 N–H and O–H groups in total. The SMILES string of the molecule is CCOc1ccc(COc2ccc(C3NC(C(=O)O)CS3)cc2)cc1OCC. The third-order valence-corrected chi connectivity index (χ3v) is 5.54. The lowest BCUT2D eigenvalue weighted by molar-refractivity contribution is -0.138. The van der Waals surface area contributed by atoms with Crippen LogP contribution in [0.25, 0.3) is 0 Å². The summed E-state index contributed by atoms with van der Waals surface area (Å²) < 4.78 is 17.1. The lowest BCUT2D eigenvalue weighted by Gasteiger charge is -2.14. The van der Waals surface area contributed by atoms with Crippen LogP contribution in [-0.4, -0.2) is 36.1 Å². The third-order valence-electron chi connectivity index (χ3n) is 4.28. The fraction of sp³-hybridized carbons (Fsp3) is 0.381. The molecule has 0 spiro atoms. The normalized spacial score (nSPS) is 18.6. The molecule has 1 aliphatic heterocycles. The number of ether oxygens (including phenoxy) is 3. The molecule has 0 radical (unpaired) electrons. The van der Waals surface area contributed by atoms with Crippen molar-refractivity contribution in [3.05, 3.63) is 53.6 Å². The van der Waals surface area contributed by atoms with Crippen molar-refractivity contribution in [2.75, 3.05) is 19.0 Å². The van der Waals surface area contributed by atoms with Gasteiger partial charge in [0.05, 0.1) is 18.6 Å². The van der Waals surface area contributed by atoms with Crippen LogP contribution in [0.5, 0.6) is 17.2 Å². The van der Waals surface area contributed by atoms with Crippen LogP contribution in [0.3, 0.4) is 0 Å². The minimum absolute atomic E-state index is 0.00462. The molecule has 0 aliphatic carbocycles. The average Bonchev–Trinajstić information content (AvgIpc) is 3.19. The number of carbonyl (C=O) groups is 1. The van der Waals surface area contributed by atoms with Gasteiger partial charge in [0.15, 0.2) is 11.5 Å². The summed E-state index contributed by atoms with van der Waals surface area (Å²) in [5.41, 5.74) is 2.04. The minimum Gasteiger partial charge on any atom is -0.490 e. The van der Waals surface area contributed by atoms with Gasteiger partial charge in [-0.25, -0.2) is 0 Å². The summed E-state index contributed by atoms with van der Waals surface area (Å²) >= 11 is 1.60. The average molecular weight is 404 g/mol. The second-order valence-corrected chi connectivity index (χ2v) is 7.41. The molecular formula is C21H25NO5S. The number of hydrogen-bond donors (Lipinski definition) is 2. The number of thioether (sulfide) groups is 1. The van der Waals surface area contributed by atoms with E-state index in [2.05, 4.69) is 5.32 Å². The van der Waals surface area contributed by atoms with Crippen LogP contribution in [0, 0.1) is 0 Å². The van der Waals surface area contributed by atoms with E-state index in [9.17, 15) is 4.79 Å². The Bertz CT molecular complexity index is 796. The van der Waals surface area contributed by atoms with Crippen LogP contribution >= 0.6 is 11.8 Å². The number of carboxylic acid groups (broad SMARTS) is 1. The molecule has 3 rings (SSSR count). The second-order valence-electron chi connectivity index (χ2n) is 6.28. The maximum absolute atomic E-state index is 11.1. The Labute approximate surface area is 169 Å². The second kappa shape index (κ2) is 9.71. The van der Waals surface area contributed by atoms with Crippen LogP contribution in [0.1, 0.15) is 30.3 Å². The van der Waals surface area contributed by atoms with Gasteiger partial charge in [-0.15, -0.1) is 11.8 Å². The van der Waals surface area contributed by atoms with Crippen LogP contribution in [0.4, 0.5) is 0 Å². The van der Waals surface area contributed by atoms with Crippen molar-refractivity contribution in [2.45, 2.75) is 31.9 Å². The van der Waals surface area contributed by atoms with Crippen LogP contribution < -0.4 is 19.5 Å². The quantitative estimate of drug-likeness (QED) is 0.658. The highest BCUT2D eigenvalue weighted by molar-refractivity contribution is 7.99. The zero-order valence-corrected chi connectivity index (χ0v) is 16.8. The molecule has 1 heterocycles. The zero-order chi connectivity index (χ0) is 19.9. The predicted octanol–water partition coefficient (Wildman–Crippen LogP) is 3.85. The molecule has 1 saturated heterocycles. The molecule has 0 bridgehead atoms. The van der Waals surface area contributed by atoms with Gasteiger partial charge in [0.2, 0.25) is 0 Å². The van der Waals surface area contributed by atoms with Crippen molar-refractivity contribution in [3.8, 4) is 17.2 Å². The molecular weight excluding hydrogens is 378 g/mol. The van der Waals surface area contributed by atoms with Crippen LogP contribution in [0.2, 0.25) is 0 Å². The molecule has 6 nitrogen and oxygen atoms in total. The summed E-state index contributed by atoms with van der Waals surface area (Å²) in [6.07, 6.45) is 0. The van der Waals surface area contributed by atoms with E-state index < -0.39 is 12.0 Å². The Morgan fingerprint density at radius 2 is 1.79 bits per heavy atom. The number of aliphatic carboxylic acids is 1.